The number of rotatable bonds is 2. The van der Waals surface area contributed by atoms with Gasteiger partial charge in [0.25, 0.3) is 0 Å². The lowest BCUT2D eigenvalue weighted by Crippen LogP contribution is -2.38. The Kier molecular flexibility index (Phi) is 3.60. The van der Waals surface area contributed by atoms with Gasteiger partial charge < -0.3 is 5.73 Å². The molecule has 0 fully saturated rings. The van der Waals surface area contributed by atoms with Crippen LogP contribution >= 0.6 is 27.3 Å². The Labute approximate surface area is 92.2 Å². The summed E-state index contributed by atoms with van der Waals surface area (Å²) in [6.07, 6.45) is -4.49. The predicted molar refractivity (Wildman–Crippen MR) is 54.5 cm³/mol. The van der Waals surface area contributed by atoms with E-state index in [2.05, 4.69) is 15.9 Å². The average molecular weight is 288 g/mol. The SMILES string of the molecule is Cc1csc(CC(N)C(F)(F)F)c1Br. The van der Waals surface area contributed by atoms with E-state index < -0.39 is 12.2 Å². The number of hydrogen-bond acceptors (Lipinski definition) is 2. The summed E-state index contributed by atoms with van der Waals surface area (Å²) in [4.78, 5) is 0.646. The van der Waals surface area contributed by atoms with Gasteiger partial charge in [0.15, 0.2) is 0 Å². The molecule has 0 aliphatic heterocycles. The molecule has 0 bridgehead atoms. The Hall–Kier alpha value is -0.0700. The molecular weight excluding hydrogens is 279 g/mol. The molecule has 2 N–H and O–H groups in total. The fourth-order valence-corrected chi connectivity index (χ4v) is 2.62. The highest BCUT2D eigenvalue weighted by Gasteiger charge is 2.37. The van der Waals surface area contributed by atoms with Crippen LogP contribution in [0.2, 0.25) is 0 Å². The first-order valence-corrected chi connectivity index (χ1v) is 5.54. The highest BCUT2D eigenvalue weighted by molar-refractivity contribution is 9.10. The molecule has 0 saturated carbocycles. The molecule has 1 rings (SSSR count). The second-order valence-electron chi connectivity index (χ2n) is 3.01. The first-order valence-electron chi connectivity index (χ1n) is 3.87. The largest absolute Gasteiger partial charge is 0.403 e. The van der Waals surface area contributed by atoms with E-state index in [1.54, 1.807) is 0 Å². The molecule has 1 nitrogen and oxygen atoms in total. The molecule has 0 saturated heterocycles. The fraction of sp³-hybridized carbons (Fsp3) is 0.500. The van der Waals surface area contributed by atoms with Crippen molar-refractivity contribution in [2.75, 3.05) is 0 Å². The first kappa shape index (κ1) is 12.0. The third-order valence-corrected chi connectivity index (χ3v) is 4.29. The molecule has 0 aliphatic carbocycles. The minimum absolute atomic E-state index is 0.164. The molecule has 1 aromatic rings. The quantitative estimate of drug-likeness (QED) is 0.888. The van der Waals surface area contributed by atoms with Crippen molar-refractivity contribution in [3.05, 3.63) is 20.3 Å². The average Bonchev–Trinajstić information content (AvgIpc) is 2.34. The van der Waals surface area contributed by atoms with Crippen molar-refractivity contribution >= 4 is 27.3 Å². The van der Waals surface area contributed by atoms with Crippen LogP contribution in [0, 0.1) is 6.92 Å². The number of aryl methyl sites for hydroxylation is 1. The van der Waals surface area contributed by atoms with E-state index in [9.17, 15) is 13.2 Å². The number of halogens is 4. The van der Waals surface area contributed by atoms with E-state index in [0.29, 0.717) is 4.88 Å². The molecule has 0 spiro atoms. The van der Waals surface area contributed by atoms with Crippen LogP contribution in [0.15, 0.2) is 9.85 Å². The third-order valence-electron chi connectivity index (χ3n) is 1.79. The molecule has 1 aromatic heterocycles. The van der Waals surface area contributed by atoms with Crippen LogP contribution in [0.3, 0.4) is 0 Å². The zero-order valence-corrected chi connectivity index (χ0v) is 9.76. The lowest BCUT2D eigenvalue weighted by molar-refractivity contribution is -0.147. The molecule has 80 valence electrons. The Morgan fingerprint density at radius 2 is 2.14 bits per heavy atom. The monoisotopic (exact) mass is 287 g/mol. The van der Waals surface area contributed by atoms with Crippen LogP contribution in [-0.4, -0.2) is 12.2 Å². The predicted octanol–water partition coefficient (Wildman–Crippen LogP) is 3.25. The number of thiophene rings is 1. The van der Waals surface area contributed by atoms with Crippen LogP contribution in [0.5, 0.6) is 0 Å². The van der Waals surface area contributed by atoms with E-state index in [0.717, 1.165) is 10.0 Å². The minimum Gasteiger partial charge on any atom is -0.320 e. The van der Waals surface area contributed by atoms with E-state index in [4.69, 9.17) is 5.73 Å². The summed E-state index contributed by atoms with van der Waals surface area (Å²) >= 11 is 4.53. The molecule has 1 atom stereocenters. The van der Waals surface area contributed by atoms with E-state index in [1.807, 2.05) is 12.3 Å². The summed E-state index contributed by atoms with van der Waals surface area (Å²) in [6, 6.07) is -1.78. The summed E-state index contributed by atoms with van der Waals surface area (Å²) in [5.74, 6) is 0. The molecule has 0 radical (unpaired) electrons. The second-order valence-corrected chi connectivity index (χ2v) is 4.77. The zero-order valence-electron chi connectivity index (χ0n) is 7.36. The van der Waals surface area contributed by atoms with Crippen LogP contribution in [0.1, 0.15) is 10.4 Å². The Balaban J connectivity index is 2.75. The molecule has 1 heterocycles. The van der Waals surface area contributed by atoms with Crippen molar-refractivity contribution in [2.24, 2.45) is 5.73 Å². The van der Waals surface area contributed by atoms with Crippen molar-refractivity contribution in [2.45, 2.75) is 25.6 Å². The minimum atomic E-state index is -4.32. The molecular formula is C8H9BrF3NS. The summed E-state index contributed by atoms with van der Waals surface area (Å²) < 4.78 is 37.2. The Bertz CT molecular complexity index is 321. The molecule has 0 amide bonds. The first-order chi connectivity index (χ1) is 6.32. The highest BCUT2D eigenvalue weighted by atomic mass is 79.9. The van der Waals surface area contributed by atoms with Crippen molar-refractivity contribution in [3.63, 3.8) is 0 Å². The lowest BCUT2D eigenvalue weighted by atomic mass is 10.2. The number of alkyl halides is 3. The van der Waals surface area contributed by atoms with Gasteiger partial charge in [0.1, 0.15) is 6.04 Å². The summed E-state index contributed by atoms with van der Waals surface area (Å²) in [5.41, 5.74) is 5.97. The van der Waals surface area contributed by atoms with Crippen molar-refractivity contribution in [1.82, 2.24) is 0 Å². The van der Waals surface area contributed by atoms with Gasteiger partial charge in [-0.15, -0.1) is 11.3 Å². The van der Waals surface area contributed by atoms with Gasteiger partial charge in [-0.05, 0) is 33.8 Å². The van der Waals surface area contributed by atoms with Crippen molar-refractivity contribution < 1.29 is 13.2 Å². The zero-order chi connectivity index (χ0) is 10.9. The van der Waals surface area contributed by atoms with Gasteiger partial charge >= 0.3 is 6.18 Å². The number of hydrogen-bond donors (Lipinski definition) is 1. The molecule has 0 aliphatic rings. The molecule has 14 heavy (non-hydrogen) atoms. The Morgan fingerprint density at radius 3 is 2.50 bits per heavy atom. The van der Waals surface area contributed by atoms with Crippen LogP contribution in [-0.2, 0) is 6.42 Å². The van der Waals surface area contributed by atoms with Gasteiger partial charge in [-0.1, -0.05) is 0 Å². The Morgan fingerprint density at radius 1 is 1.57 bits per heavy atom. The van der Waals surface area contributed by atoms with Crippen LogP contribution in [0.4, 0.5) is 13.2 Å². The number of nitrogens with two attached hydrogens (primary N) is 1. The smallest absolute Gasteiger partial charge is 0.320 e. The fourth-order valence-electron chi connectivity index (χ4n) is 0.936. The summed E-state index contributed by atoms with van der Waals surface area (Å²) in [6.45, 7) is 1.84. The summed E-state index contributed by atoms with van der Waals surface area (Å²) in [5, 5.41) is 1.81. The maximum atomic E-state index is 12.1. The van der Waals surface area contributed by atoms with E-state index in [-0.39, 0.29) is 6.42 Å². The van der Waals surface area contributed by atoms with Gasteiger partial charge in [-0.2, -0.15) is 13.2 Å². The maximum Gasteiger partial charge on any atom is 0.403 e. The second kappa shape index (κ2) is 4.20. The highest BCUT2D eigenvalue weighted by Crippen LogP contribution is 2.31. The van der Waals surface area contributed by atoms with Crippen molar-refractivity contribution in [1.29, 1.82) is 0 Å². The van der Waals surface area contributed by atoms with Crippen LogP contribution in [0.25, 0.3) is 0 Å². The standard InChI is InChI=1S/C8H9BrF3NS/c1-4-3-14-5(7(4)9)2-6(13)8(10,11)12/h3,6H,2,13H2,1H3. The maximum absolute atomic E-state index is 12.1. The summed E-state index contributed by atoms with van der Waals surface area (Å²) in [7, 11) is 0. The molecule has 0 aromatic carbocycles. The van der Waals surface area contributed by atoms with Gasteiger partial charge in [-0.25, -0.2) is 0 Å². The normalized spacial score (nSPS) is 14.4. The lowest BCUT2D eigenvalue weighted by Gasteiger charge is -2.14. The van der Waals surface area contributed by atoms with Crippen molar-refractivity contribution in [3.8, 4) is 0 Å². The van der Waals surface area contributed by atoms with Gasteiger partial charge in [-0.3, -0.25) is 0 Å². The van der Waals surface area contributed by atoms with Gasteiger partial charge in [0, 0.05) is 15.8 Å². The van der Waals surface area contributed by atoms with Crippen LogP contribution < -0.4 is 5.73 Å². The van der Waals surface area contributed by atoms with E-state index >= 15 is 0 Å². The van der Waals surface area contributed by atoms with E-state index in [1.165, 1.54) is 11.3 Å². The molecule has 6 heteroatoms. The van der Waals surface area contributed by atoms with Gasteiger partial charge in [0.05, 0.1) is 0 Å². The molecule has 1 unspecified atom stereocenters. The third kappa shape index (κ3) is 2.71. The topological polar surface area (TPSA) is 26.0 Å². The van der Waals surface area contributed by atoms with Gasteiger partial charge in [0.2, 0.25) is 0 Å².